The highest BCUT2D eigenvalue weighted by Gasteiger charge is 2.17. The van der Waals surface area contributed by atoms with Gasteiger partial charge in [0.25, 0.3) is 0 Å². The Labute approximate surface area is 127 Å². The monoisotopic (exact) mass is 368 g/mol. The molecule has 0 heterocycles. The van der Waals surface area contributed by atoms with Gasteiger partial charge in [0, 0.05) is 10.3 Å². The van der Waals surface area contributed by atoms with Crippen LogP contribution in [0.25, 0.3) is 0 Å². The van der Waals surface area contributed by atoms with Gasteiger partial charge >= 0.3 is 0 Å². The molecule has 0 bridgehead atoms. The van der Waals surface area contributed by atoms with E-state index in [0.29, 0.717) is 11.5 Å². The molecule has 0 radical (unpaired) electrons. The van der Waals surface area contributed by atoms with Crippen LogP contribution in [-0.4, -0.2) is 14.6 Å². The van der Waals surface area contributed by atoms with Crippen molar-refractivity contribution in [2.75, 3.05) is 4.43 Å². The molecule has 0 fully saturated rings. The minimum atomic E-state index is 0.279. The van der Waals surface area contributed by atoms with Gasteiger partial charge in [-0.25, -0.2) is 0 Å². The van der Waals surface area contributed by atoms with Crippen LogP contribution in [0.5, 0.6) is 11.5 Å². The minimum Gasteiger partial charge on any atom is -0.508 e. The average Bonchev–Trinajstić information content (AvgIpc) is 2.34. The van der Waals surface area contributed by atoms with E-state index in [4.69, 9.17) is 0 Å². The zero-order chi connectivity index (χ0) is 14.0. The quantitative estimate of drug-likeness (QED) is 0.627. The highest BCUT2D eigenvalue weighted by molar-refractivity contribution is 14.1. The van der Waals surface area contributed by atoms with Gasteiger partial charge in [-0.15, -0.1) is 0 Å². The summed E-state index contributed by atoms with van der Waals surface area (Å²) < 4.78 is 0.953. The van der Waals surface area contributed by atoms with Gasteiger partial charge in [-0.3, -0.25) is 0 Å². The largest absolute Gasteiger partial charge is 0.508 e. The molecule has 19 heavy (non-hydrogen) atoms. The Kier molecular flexibility index (Phi) is 4.34. The van der Waals surface area contributed by atoms with Gasteiger partial charge in [0.15, 0.2) is 0 Å². The molecular weight excluding hydrogens is 351 g/mol. The van der Waals surface area contributed by atoms with Crippen molar-refractivity contribution in [2.45, 2.75) is 19.8 Å². The van der Waals surface area contributed by atoms with Gasteiger partial charge < -0.3 is 10.2 Å². The molecule has 2 aromatic rings. The summed E-state index contributed by atoms with van der Waals surface area (Å²) in [6.07, 6.45) is 0. The van der Waals surface area contributed by atoms with Crippen LogP contribution in [0.4, 0.5) is 0 Å². The number of halogens is 1. The third-order valence-corrected chi connectivity index (χ3v) is 4.29. The summed E-state index contributed by atoms with van der Waals surface area (Å²) in [5.41, 5.74) is 4.63. The van der Waals surface area contributed by atoms with Crippen LogP contribution in [0.2, 0.25) is 0 Å². The Morgan fingerprint density at radius 2 is 1.32 bits per heavy atom. The van der Waals surface area contributed by atoms with Crippen LogP contribution in [0.15, 0.2) is 36.4 Å². The summed E-state index contributed by atoms with van der Waals surface area (Å²) in [7, 11) is 0. The number of alkyl halides is 1. The second-order valence-electron chi connectivity index (χ2n) is 4.79. The van der Waals surface area contributed by atoms with E-state index in [0.717, 1.165) is 15.6 Å². The third kappa shape index (κ3) is 3.03. The molecular formula is C16H17IO2. The van der Waals surface area contributed by atoms with Crippen LogP contribution in [-0.2, 0) is 0 Å². The molecule has 0 saturated carbocycles. The topological polar surface area (TPSA) is 40.5 Å². The van der Waals surface area contributed by atoms with Gasteiger partial charge in [-0.1, -0.05) is 34.7 Å². The van der Waals surface area contributed by atoms with Crippen molar-refractivity contribution in [2.24, 2.45) is 0 Å². The number of rotatable bonds is 3. The molecule has 3 heteroatoms. The lowest BCUT2D eigenvalue weighted by Gasteiger charge is -2.20. The number of hydrogen-bond donors (Lipinski definition) is 2. The summed E-state index contributed by atoms with van der Waals surface area (Å²) in [6, 6.07) is 11.0. The molecule has 0 atom stereocenters. The van der Waals surface area contributed by atoms with Gasteiger partial charge in [0.1, 0.15) is 11.5 Å². The van der Waals surface area contributed by atoms with Crippen LogP contribution in [0.1, 0.15) is 28.2 Å². The molecule has 0 spiro atoms. The smallest absolute Gasteiger partial charge is 0.115 e. The molecule has 2 rings (SSSR count). The average molecular weight is 368 g/mol. The number of benzene rings is 2. The Morgan fingerprint density at radius 1 is 0.895 bits per heavy atom. The lowest BCUT2D eigenvalue weighted by atomic mass is 9.87. The maximum atomic E-state index is 9.52. The van der Waals surface area contributed by atoms with E-state index in [9.17, 15) is 10.2 Å². The van der Waals surface area contributed by atoms with E-state index in [1.54, 1.807) is 24.3 Å². The second-order valence-corrected chi connectivity index (χ2v) is 5.67. The lowest BCUT2D eigenvalue weighted by molar-refractivity contribution is 0.474. The summed E-state index contributed by atoms with van der Waals surface area (Å²) in [5, 5.41) is 19.0. The summed E-state index contributed by atoms with van der Waals surface area (Å²) in [4.78, 5) is 0. The highest BCUT2D eigenvalue weighted by Crippen LogP contribution is 2.33. The normalized spacial score (nSPS) is 10.9. The Hall–Kier alpha value is -1.23. The summed E-state index contributed by atoms with van der Waals surface area (Å²) in [5.74, 6) is 0.883. The van der Waals surface area contributed by atoms with Crippen molar-refractivity contribution in [3.05, 3.63) is 58.7 Å². The van der Waals surface area contributed by atoms with Crippen molar-refractivity contribution in [1.82, 2.24) is 0 Å². The first-order valence-corrected chi connectivity index (χ1v) is 7.70. The molecule has 0 aliphatic carbocycles. The molecule has 2 N–H and O–H groups in total. The van der Waals surface area contributed by atoms with Crippen molar-refractivity contribution < 1.29 is 10.2 Å². The van der Waals surface area contributed by atoms with Gasteiger partial charge in [-0.05, 0) is 60.4 Å². The standard InChI is InChI=1S/C16H17IO2/c1-10-7-12(18)3-5-14(10)16(9-17)15-6-4-13(19)8-11(15)2/h3-8,16,18-19H,9H2,1-2H3. The molecule has 0 aromatic heterocycles. The third-order valence-electron chi connectivity index (χ3n) is 3.41. The van der Waals surface area contributed by atoms with Crippen molar-refractivity contribution in [3.63, 3.8) is 0 Å². The maximum absolute atomic E-state index is 9.52. The summed E-state index contributed by atoms with van der Waals surface area (Å²) >= 11 is 2.38. The fraction of sp³-hybridized carbons (Fsp3) is 0.250. The number of aromatic hydroxyl groups is 2. The van der Waals surface area contributed by atoms with E-state index in [1.165, 1.54) is 11.1 Å². The number of phenolic OH excluding ortho intramolecular Hbond substituents is 2. The Bertz CT molecular complexity index is 542. The minimum absolute atomic E-state index is 0.279. The van der Waals surface area contributed by atoms with E-state index in [2.05, 4.69) is 22.6 Å². The van der Waals surface area contributed by atoms with Crippen LogP contribution in [0.3, 0.4) is 0 Å². The number of aryl methyl sites for hydroxylation is 2. The Balaban J connectivity index is 2.50. The molecule has 0 aliphatic rings. The van der Waals surface area contributed by atoms with Crippen molar-refractivity contribution in [3.8, 4) is 11.5 Å². The molecule has 2 nitrogen and oxygen atoms in total. The van der Waals surface area contributed by atoms with E-state index >= 15 is 0 Å². The predicted molar refractivity (Wildman–Crippen MR) is 86.4 cm³/mol. The summed E-state index contributed by atoms with van der Waals surface area (Å²) in [6.45, 7) is 4.04. The first-order valence-electron chi connectivity index (χ1n) is 6.18. The van der Waals surface area contributed by atoms with Crippen LogP contribution in [0, 0.1) is 13.8 Å². The fourth-order valence-electron chi connectivity index (χ4n) is 2.44. The first-order chi connectivity index (χ1) is 9.02. The number of hydrogen-bond acceptors (Lipinski definition) is 2. The zero-order valence-corrected chi connectivity index (χ0v) is 13.2. The SMILES string of the molecule is Cc1cc(O)ccc1C(CI)c1ccc(O)cc1C. The number of phenols is 2. The van der Waals surface area contributed by atoms with Crippen molar-refractivity contribution >= 4 is 22.6 Å². The lowest BCUT2D eigenvalue weighted by Crippen LogP contribution is -2.06. The van der Waals surface area contributed by atoms with Crippen molar-refractivity contribution in [1.29, 1.82) is 0 Å². The maximum Gasteiger partial charge on any atom is 0.115 e. The molecule has 0 saturated heterocycles. The van der Waals surface area contributed by atoms with Crippen LogP contribution >= 0.6 is 22.6 Å². The van der Waals surface area contributed by atoms with E-state index in [-0.39, 0.29) is 5.92 Å². The molecule has 100 valence electrons. The fourth-order valence-corrected chi connectivity index (χ4v) is 3.38. The molecule has 2 aromatic carbocycles. The van der Waals surface area contributed by atoms with E-state index in [1.807, 2.05) is 26.0 Å². The predicted octanol–water partition coefficient (Wildman–Crippen LogP) is 4.28. The second kappa shape index (κ2) is 5.82. The highest BCUT2D eigenvalue weighted by atomic mass is 127. The van der Waals surface area contributed by atoms with Crippen LogP contribution < -0.4 is 0 Å². The van der Waals surface area contributed by atoms with Gasteiger partial charge in [0.05, 0.1) is 0 Å². The molecule has 0 unspecified atom stereocenters. The molecule has 0 amide bonds. The zero-order valence-electron chi connectivity index (χ0n) is 11.0. The van der Waals surface area contributed by atoms with E-state index < -0.39 is 0 Å². The molecule has 0 aliphatic heterocycles. The van der Waals surface area contributed by atoms with Gasteiger partial charge in [0.2, 0.25) is 0 Å². The Morgan fingerprint density at radius 3 is 1.63 bits per heavy atom. The van der Waals surface area contributed by atoms with Gasteiger partial charge in [-0.2, -0.15) is 0 Å². The first kappa shape index (κ1) is 14.2.